The van der Waals surface area contributed by atoms with Crippen LogP contribution in [0.15, 0.2) is 24.4 Å². The van der Waals surface area contributed by atoms with Crippen LogP contribution in [0, 0.1) is 0 Å². The lowest BCUT2D eigenvalue weighted by atomic mass is 10.2. The number of hydrogen-bond donors (Lipinski definition) is 2. The molecule has 0 saturated heterocycles. The van der Waals surface area contributed by atoms with Crippen LogP contribution in [0.1, 0.15) is 18.9 Å². The van der Waals surface area contributed by atoms with Crippen molar-refractivity contribution in [2.24, 2.45) is 5.73 Å². The molecule has 3 N–H and O–H groups in total. The fourth-order valence-corrected chi connectivity index (χ4v) is 2.36. The summed E-state index contributed by atoms with van der Waals surface area (Å²) in [5, 5.41) is 4.58. The van der Waals surface area contributed by atoms with Gasteiger partial charge in [0.1, 0.15) is 0 Å². The topological polar surface area (TPSA) is 60.0 Å². The zero-order valence-electron chi connectivity index (χ0n) is 10.9. The third kappa shape index (κ3) is 3.08. The Morgan fingerprint density at radius 2 is 2.26 bits per heavy atom. The molecule has 0 saturated carbocycles. The van der Waals surface area contributed by atoms with E-state index in [1.807, 2.05) is 35.9 Å². The van der Waals surface area contributed by atoms with Gasteiger partial charge in [-0.25, -0.2) is 0 Å². The number of aromatic nitrogens is 1. The average Bonchev–Trinajstić information content (AvgIpc) is 2.74. The van der Waals surface area contributed by atoms with Gasteiger partial charge in [0, 0.05) is 48.2 Å². The van der Waals surface area contributed by atoms with Crippen molar-refractivity contribution in [1.82, 2.24) is 9.88 Å². The van der Waals surface area contributed by atoms with Crippen LogP contribution in [0.4, 0.5) is 0 Å². The van der Waals surface area contributed by atoms with Crippen molar-refractivity contribution >= 4 is 28.4 Å². The number of carbonyl (C=O) groups excluding carboxylic acids is 1. The second kappa shape index (κ2) is 6.08. The van der Waals surface area contributed by atoms with E-state index >= 15 is 0 Å². The minimum Gasteiger partial charge on any atom is -0.356 e. The minimum absolute atomic E-state index is 0.0562. The zero-order chi connectivity index (χ0) is 13.8. The Morgan fingerprint density at radius 3 is 2.95 bits per heavy atom. The van der Waals surface area contributed by atoms with Gasteiger partial charge in [-0.1, -0.05) is 17.7 Å². The zero-order valence-corrected chi connectivity index (χ0v) is 11.7. The van der Waals surface area contributed by atoms with E-state index in [1.165, 1.54) is 0 Å². The highest BCUT2D eigenvalue weighted by molar-refractivity contribution is 6.31. The van der Waals surface area contributed by atoms with Gasteiger partial charge in [0.05, 0.1) is 0 Å². The van der Waals surface area contributed by atoms with E-state index in [4.69, 9.17) is 17.3 Å². The molecule has 102 valence electrons. The van der Waals surface area contributed by atoms with Crippen LogP contribution < -0.4 is 11.1 Å². The third-order valence-corrected chi connectivity index (χ3v) is 3.34. The predicted molar refractivity (Wildman–Crippen MR) is 78.1 cm³/mol. The predicted octanol–water partition coefficient (Wildman–Crippen LogP) is 2.28. The molecule has 1 aromatic heterocycles. The van der Waals surface area contributed by atoms with E-state index in [0.29, 0.717) is 31.1 Å². The summed E-state index contributed by atoms with van der Waals surface area (Å²) in [7, 11) is 0. The van der Waals surface area contributed by atoms with E-state index in [-0.39, 0.29) is 5.91 Å². The number of nitrogens with one attached hydrogen (secondary N) is 1. The summed E-state index contributed by atoms with van der Waals surface area (Å²) in [5.41, 5.74) is 7.84. The molecule has 2 aromatic rings. The van der Waals surface area contributed by atoms with Gasteiger partial charge in [0.25, 0.3) is 0 Å². The molecule has 0 aliphatic carbocycles. The maximum absolute atomic E-state index is 11.5. The lowest BCUT2D eigenvalue weighted by Gasteiger charge is -2.05. The van der Waals surface area contributed by atoms with E-state index in [0.717, 1.165) is 16.5 Å². The van der Waals surface area contributed by atoms with Crippen molar-refractivity contribution in [1.29, 1.82) is 0 Å². The first-order valence-electron chi connectivity index (χ1n) is 6.39. The van der Waals surface area contributed by atoms with E-state index in [1.54, 1.807) is 0 Å². The molecule has 0 atom stereocenters. The molecule has 0 spiro atoms. The number of halogens is 1. The molecule has 0 unspecified atom stereocenters. The van der Waals surface area contributed by atoms with Crippen LogP contribution in [0.3, 0.4) is 0 Å². The smallest absolute Gasteiger partial charge is 0.221 e. The summed E-state index contributed by atoms with van der Waals surface area (Å²) >= 11 is 6.03. The second-order valence-electron chi connectivity index (χ2n) is 4.42. The Labute approximate surface area is 117 Å². The Bertz CT molecular complexity index is 592. The fraction of sp³-hybridized carbons (Fsp3) is 0.357. The molecule has 0 bridgehead atoms. The van der Waals surface area contributed by atoms with Gasteiger partial charge in [-0.15, -0.1) is 0 Å². The Hall–Kier alpha value is -1.52. The van der Waals surface area contributed by atoms with Crippen molar-refractivity contribution in [2.75, 3.05) is 6.54 Å². The van der Waals surface area contributed by atoms with Crippen LogP contribution >= 0.6 is 11.6 Å². The minimum atomic E-state index is 0.0562. The van der Waals surface area contributed by atoms with Crippen molar-refractivity contribution in [3.05, 3.63) is 35.0 Å². The molecule has 0 aliphatic rings. The van der Waals surface area contributed by atoms with Crippen LogP contribution in [-0.4, -0.2) is 17.0 Å². The lowest BCUT2D eigenvalue weighted by Crippen LogP contribution is -2.23. The van der Waals surface area contributed by atoms with Crippen molar-refractivity contribution < 1.29 is 4.79 Å². The van der Waals surface area contributed by atoms with Gasteiger partial charge in [-0.2, -0.15) is 0 Å². The van der Waals surface area contributed by atoms with Crippen LogP contribution in [-0.2, 0) is 17.9 Å². The van der Waals surface area contributed by atoms with Crippen LogP contribution in [0.25, 0.3) is 10.9 Å². The van der Waals surface area contributed by atoms with Crippen LogP contribution in [0.2, 0.25) is 5.02 Å². The largest absolute Gasteiger partial charge is 0.356 e. The van der Waals surface area contributed by atoms with Crippen molar-refractivity contribution in [3.63, 3.8) is 0 Å². The lowest BCUT2D eigenvalue weighted by molar-refractivity contribution is -0.121. The van der Waals surface area contributed by atoms with Gasteiger partial charge >= 0.3 is 0 Å². The number of carbonyl (C=O) groups is 1. The summed E-state index contributed by atoms with van der Waals surface area (Å²) in [4.78, 5) is 11.5. The maximum atomic E-state index is 11.5. The van der Waals surface area contributed by atoms with E-state index < -0.39 is 0 Å². The first-order chi connectivity index (χ1) is 9.15. The Kier molecular flexibility index (Phi) is 4.45. The van der Waals surface area contributed by atoms with Crippen molar-refractivity contribution in [2.45, 2.75) is 26.4 Å². The molecule has 4 nitrogen and oxygen atoms in total. The van der Waals surface area contributed by atoms with Gasteiger partial charge in [-0.05, 0) is 24.6 Å². The highest BCUT2D eigenvalue weighted by Gasteiger charge is 2.09. The monoisotopic (exact) mass is 279 g/mol. The molecular formula is C14H18ClN3O. The number of rotatable bonds is 5. The first kappa shape index (κ1) is 13.9. The van der Waals surface area contributed by atoms with E-state index in [9.17, 15) is 4.79 Å². The van der Waals surface area contributed by atoms with Gasteiger partial charge in [0.15, 0.2) is 0 Å². The summed E-state index contributed by atoms with van der Waals surface area (Å²) in [6, 6.07) is 5.74. The van der Waals surface area contributed by atoms with Gasteiger partial charge in [-0.3, -0.25) is 4.79 Å². The number of nitrogens with zero attached hydrogens (tertiary/aromatic N) is 1. The molecule has 0 fully saturated rings. The molecule has 1 aromatic carbocycles. The quantitative estimate of drug-likeness (QED) is 0.882. The Balaban J connectivity index is 2.27. The number of hydrogen-bond acceptors (Lipinski definition) is 2. The van der Waals surface area contributed by atoms with E-state index in [2.05, 4.69) is 5.32 Å². The number of nitrogens with two attached hydrogens (primary N) is 1. The summed E-state index contributed by atoms with van der Waals surface area (Å²) in [6.07, 6.45) is 2.45. The average molecular weight is 280 g/mol. The molecule has 0 aliphatic heterocycles. The fourth-order valence-electron chi connectivity index (χ4n) is 2.20. The van der Waals surface area contributed by atoms with Gasteiger partial charge in [0.2, 0.25) is 5.91 Å². The molecule has 2 rings (SSSR count). The number of amides is 1. The molecule has 5 heteroatoms. The highest BCUT2D eigenvalue weighted by Crippen LogP contribution is 2.24. The molecular weight excluding hydrogens is 262 g/mol. The Morgan fingerprint density at radius 1 is 1.47 bits per heavy atom. The normalized spacial score (nSPS) is 10.9. The van der Waals surface area contributed by atoms with Crippen molar-refractivity contribution in [3.8, 4) is 0 Å². The van der Waals surface area contributed by atoms with Crippen LogP contribution in [0.5, 0.6) is 0 Å². The standard InChI is InChI=1S/C14H18ClN3O/c1-2-17-14(19)5-6-18-9-10(8-16)12-4-3-11(15)7-13(12)18/h3-4,7,9H,2,5-6,8,16H2,1H3,(H,17,19). The molecule has 1 amide bonds. The first-order valence-corrected chi connectivity index (χ1v) is 6.77. The summed E-state index contributed by atoms with van der Waals surface area (Å²) in [6.45, 7) is 3.68. The SMILES string of the molecule is CCNC(=O)CCn1cc(CN)c2ccc(Cl)cc21. The molecule has 0 radical (unpaired) electrons. The third-order valence-electron chi connectivity index (χ3n) is 3.10. The summed E-state index contributed by atoms with van der Waals surface area (Å²) < 4.78 is 2.04. The number of fused-ring (bicyclic) bond motifs is 1. The molecule has 19 heavy (non-hydrogen) atoms. The number of aryl methyl sites for hydroxylation is 1. The van der Waals surface area contributed by atoms with Gasteiger partial charge < -0.3 is 15.6 Å². The summed E-state index contributed by atoms with van der Waals surface area (Å²) in [5.74, 6) is 0.0562. The second-order valence-corrected chi connectivity index (χ2v) is 4.85. The molecule has 1 heterocycles. The number of benzene rings is 1. The highest BCUT2D eigenvalue weighted by atomic mass is 35.5. The maximum Gasteiger partial charge on any atom is 0.221 e.